The average molecular weight is 504 g/mol. The zero-order valence-electron chi connectivity index (χ0n) is 16.7. The minimum atomic E-state index is -0.632. The molecule has 7 heteroatoms. The summed E-state index contributed by atoms with van der Waals surface area (Å²) in [4.78, 5) is 38.3. The van der Waals surface area contributed by atoms with Crippen molar-refractivity contribution >= 4 is 40.5 Å². The summed E-state index contributed by atoms with van der Waals surface area (Å²) < 4.78 is 16.7. The Morgan fingerprint density at radius 2 is 1.93 bits per heavy atom. The molecule has 28 heavy (non-hydrogen) atoms. The third kappa shape index (κ3) is 3.25. The Hall–Kier alpha value is -0.860. The van der Waals surface area contributed by atoms with Gasteiger partial charge in [-0.1, -0.05) is 35.9 Å². The van der Waals surface area contributed by atoms with Crippen molar-refractivity contribution in [3.63, 3.8) is 0 Å². The molecule has 6 nitrogen and oxygen atoms in total. The van der Waals surface area contributed by atoms with Gasteiger partial charge in [-0.2, -0.15) is 0 Å². The highest BCUT2D eigenvalue weighted by Crippen LogP contribution is 2.59. The van der Waals surface area contributed by atoms with Crippen LogP contribution in [0.1, 0.15) is 65.7 Å². The molecule has 0 aromatic carbocycles. The Balaban J connectivity index is 1.53. The van der Waals surface area contributed by atoms with Crippen molar-refractivity contribution < 1.29 is 28.6 Å². The molecule has 0 amide bonds. The van der Waals surface area contributed by atoms with Crippen LogP contribution in [-0.2, 0) is 28.6 Å². The van der Waals surface area contributed by atoms with Crippen LogP contribution in [0.4, 0.5) is 0 Å². The quantitative estimate of drug-likeness (QED) is 0.247. The Bertz CT molecular complexity index is 682. The van der Waals surface area contributed by atoms with Crippen molar-refractivity contribution in [2.45, 2.75) is 86.9 Å². The van der Waals surface area contributed by atoms with Crippen molar-refractivity contribution in [3.05, 3.63) is 0 Å². The van der Waals surface area contributed by atoms with E-state index in [0.29, 0.717) is 12.8 Å². The molecule has 3 saturated carbocycles. The first-order valence-corrected chi connectivity index (χ1v) is 11.6. The fraction of sp³-hybridized carbons (Fsp3) is 0.857. The van der Waals surface area contributed by atoms with E-state index in [1.54, 1.807) is 0 Å². The number of rotatable bonds is 5. The van der Waals surface area contributed by atoms with Gasteiger partial charge in [0.05, 0.1) is 11.8 Å². The predicted molar refractivity (Wildman–Crippen MR) is 109 cm³/mol. The number of ether oxygens (including phenoxy) is 3. The summed E-state index contributed by atoms with van der Waals surface area (Å²) in [5.41, 5.74) is -0.450. The van der Waals surface area contributed by atoms with E-state index >= 15 is 0 Å². The summed E-state index contributed by atoms with van der Waals surface area (Å²) in [5, 5.41) is 0. The Morgan fingerprint density at radius 1 is 1.25 bits per heavy atom. The first-order valence-electron chi connectivity index (χ1n) is 10.5. The lowest BCUT2D eigenvalue weighted by atomic mass is 9.78. The molecule has 0 radical (unpaired) electrons. The molecular formula is C21H29IO6. The van der Waals surface area contributed by atoms with E-state index in [0.717, 1.165) is 25.7 Å². The highest BCUT2D eigenvalue weighted by molar-refractivity contribution is 14.1. The molecule has 0 N–H and O–H groups in total. The van der Waals surface area contributed by atoms with Gasteiger partial charge in [-0.25, -0.2) is 0 Å². The second kappa shape index (κ2) is 7.13. The number of fused-ring (bicyclic) bond motifs is 1. The lowest BCUT2D eigenvalue weighted by Gasteiger charge is -2.37. The van der Waals surface area contributed by atoms with E-state index in [9.17, 15) is 14.4 Å². The van der Waals surface area contributed by atoms with E-state index in [2.05, 4.69) is 22.6 Å². The van der Waals surface area contributed by atoms with E-state index in [-0.39, 0.29) is 29.7 Å². The van der Waals surface area contributed by atoms with Crippen molar-refractivity contribution in [3.8, 4) is 0 Å². The fourth-order valence-electron chi connectivity index (χ4n) is 5.57. The smallest absolute Gasteiger partial charge is 0.322 e. The zero-order chi connectivity index (χ0) is 20.3. The molecule has 0 aromatic heterocycles. The van der Waals surface area contributed by atoms with Crippen LogP contribution in [0.25, 0.3) is 0 Å². The van der Waals surface area contributed by atoms with Gasteiger partial charge >= 0.3 is 17.9 Å². The van der Waals surface area contributed by atoms with Gasteiger partial charge in [-0.3, -0.25) is 14.4 Å². The number of carbonyl (C=O) groups excluding carboxylic acids is 3. The molecule has 2 bridgehead atoms. The van der Waals surface area contributed by atoms with Crippen LogP contribution in [0.5, 0.6) is 0 Å². The highest BCUT2D eigenvalue weighted by Gasteiger charge is 2.70. The highest BCUT2D eigenvalue weighted by atomic mass is 127. The van der Waals surface area contributed by atoms with Crippen molar-refractivity contribution in [1.82, 2.24) is 0 Å². The zero-order valence-corrected chi connectivity index (χ0v) is 18.9. The van der Waals surface area contributed by atoms with Crippen LogP contribution in [0.3, 0.4) is 0 Å². The maximum absolute atomic E-state index is 13.2. The molecule has 4 fully saturated rings. The lowest BCUT2D eigenvalue weighted by molar-refractivity contribution is -0.176. The van der Waals surface area contributed by atoms with Gasteiger partial charge in [0.1, 0.15) is 21.2 Å². The number of carbonyl (C=O) groups is 3. The van der Waals surface area contributed by atoms with Gasteiger partial charge in [0.15, 0.2) is 0 Å². The van der Waals surface area contributed by atoms with Gasteiger partial charge < -0.3 is 14.2 Å². The van der Waals surface area contributed by atoms with Crippen LogP contribution in [0, 0.1) is 23.7 Å². The molecule has 0 spiro atoms. The number of halogens is 1. The molecule has 4 aliphatic rings. The maximum Gasteiger partial charge on any atom is 0.322 e. The first-order chi connectivity index (χ1) is 13.2. The van der Waals surface area contributed by atoms with Gasteiger partial charge in [-0.15, -0.1) is 0 Å². The molecule has 1 heterocycles. The summed E-state index contributed by atoms with van der Waals surface area (Å²) in [7, 11) is 0. The molecule has 0 aromatic rings. The van der Waals surface area contributed by atoms with Crippen LogP contribution in [0.15, 0.2) is 0 Å². The Labute approximate surface area is 179 Å². The predicted octanol–water partition coefficient (Wildman–Crippen LogP) is 3.58. The minimum Gasteiger partial charge on any atom is -0.459 e. The number of alkyl halides is 1. The molecule has 4 rings (SSSR count). The fourth-order valence-corrected chi connectivity index (χ4v) is 5.70. The van der Waals surface area contributed by atoms with E-state index in [4.69, 9.17) is 14.2 Å². The number of esters is 3. The molecule has 1 saturated heterocycles. The maximum atomic E-state index is 13.2. The summed E-state index contributed by atoms with van der Waals surface area (Å²) in [6.45, 7) is 5.76. The van der Waals surface area contributed by atoms with E-state index in [1.165, 1.54) is 6.42 Å². The average Bonchev–Trinajstić information content (AvgIpc) is 3.25. The van der Waals surface area contributed by atoms with Crippen molar-refractivity contribution in [2.24, 2.45) is 23.7 Å². The first kappa shape index (κ1) is 20.4. The summed E-state index contributed by atoms with van der Waals surface area (Å²) in [5.74, 6) is -2.20. The molecule has 7 atom stereocenters. The standard InChI is InChI=1S/C21H29IO6/c1-4-21(3,22)19(25)27-16-12-10-11-13(17(23)26-15(11)16)14(12)18(24)28-20(2)8-6-5-7-9-20/h11-16H,4-10H2,1-3H3. The van der Waals surface area contributed by atoms with E-state index < -0.39 is 33.1 Å². The summed E-state index contributed by atoms with van der Waals surface area (Å²) in [6, 6.07) is 0. The van der Waals surface area contributed by atoms with Crippen molar-refractivity contribution in [2.75, 3.05) is 0 Å². The SMILES string of the molecule is CCC(C)(I)C(=O)OC1C2CC3C1OC(=O)C3C2C(=O)OC1(C)CCCCC1. The van der Waals surface area contributed by atoms with Crippen LogP contribution in [-0.4, -0.2) is 39.1 Å². The molecule has 156 valence electrons. The third-order valence-corrected chi connectivity index (χ3v) is 8.61. The Kier molecular flexibility index (Phi) is 5.20. The molecule has 1 aliphatic heterocycles. The van der Waals surface area contributed by atoms with Crippen LogP contribution >= 0.6 is 22.6 Å². The van der Waals surface area contributed by atoms with Gasteiger partial charge in [0.2, 0.25) is 0 Å². The monoisotopic (exact) mass is 504 g/mol. The summed E-state index contributed by atoms with van der Waals surface area (Å²) in [6.07, 6.45) is 5.37. The topological polar surface area (TPSA) is 78.9 Å². The lowest BCUT2D eigenvalue weighted by Crippen LogP contribution is -2.47. The van der Waals surface area contributed by atoms with Gasteiger partial charge in [-0.05, 0) is 52.4 Å². The van der Waals surface area contributed by atoms with Crippen LogP contribution in [0.2, 0.25) is 0 Å². The molecule has 3 aliphatic carbocycles. The van der Waals surface area contributed by atoms with Gasteiger partial charge in [0.25, 0.3) is 0 Å². The second-order valence-corrected chi connectivity index (χ2v) is 11.7. The number of hydrogen-bond donors (Lipinski definition) is 0. The molecule has 7 unspecified atom stereocenters. The Morgan fingerprint density at radius 3 is 2.57 bits per heavy atom. The second-order valence-electron chi connectivity index (χ2n) is 9.37. The van der Waals surface area contributed by atoms with Gasteiger partial charge in [0, 0.05) is 11.8 Å². The van der Waals surface area contributed by atoms with Crippen molar-refractivity contribution in [1.29, 1.82) is 0 Å². The molecular weight excluding hydrogens is 475 g/mol. The summed E-state index contributed by atoms with van der Waals surface area (Å²) >= 11 is 2.10. The number of hydrogen-bond acceptors (Lipinski definition) is 6. The largest absolute Gasteiger partial charge is 0.459 e. The van der Waals surface area contributed by atoms with E-state index in [1.807, 2.05) is 20.8 Å². The van der Waals surface area contributed by atoms with Crippen LogP contribution < -0.4 is 0 Å². The normalized spacial score (nSPS) is 39.9. The minimum absolute atomic E-state index is 0.0471. The third-order valence-electron chi connectivity index (χ3n) is 7.41.